The van der Waals surface area contributed by atoms with Gasteiger partial charge in [-0.05, 0) is 110 Å². The third kappa shape index (κ3) is 5.78. The summed E-state index contributed by atoms with van der Waals surface area (Å²) in [7, 11) is 0. The summed E-state index contributed by atoms with van der Waals surface area (Å²) >= 11 is 0. The summed E-state index contributed by atoms with van der Waals surface area (Å²) in [5.41, 5.74) is 13.0. The molecular formula is C51H34N2O. The van der Waals surface area contributed by atoms with Gasteiger partial charge in [-0.15, -0.1) is 0 Å². The Balaban J connectivity index is 0.954. The van der Waals surface area contributed by atoms with Crippen LogP contribution in [0.1, 0.15) is 0 Å². The molecule has 0 aliphatic heterocycles. The lowest BCUT2D eigenvalue weighted by Gasteiger charge is -2.26. The van der Waals surface area contributed by atoms with Crippen LogP contribution in [0.3, 0.4) is 0 Å². The summed E-state index contributed by atoms with van der Waals surface area (Å²) in [6.45, 7) is 0. The molecule has 254 valence electrons. The van der Waals surface area contributed by atoms with Gasteiger partial charge < -0.3 is 9.32 Å². The first kappa shape index (κ1) is 31.5. The van der Waals surface area contributed by atoms with Crippen molar-refractivity contribution in [1.29, 1.82) is 0 Å². The van der Waals surface area contributed by atoms with Crippen molar-refractivity contribution in [1.82, 2.24) is 4.98 Å². The van der Waals surface area contributed by atoms with Gasteiger partial charge in [-0.3, -0.25) is 0 Å². The molecule has 10 aromatic rings. The van der Waals surface area contributed by atoms with Crippen LogP contribution >= 0.6 is 0 Å². The Morgan fingerprint density at radius 2 is 0.870 bits per heavy atom. The topological polar surface area (TPSA) is 29.3 Å². The molecule has 3 nitrogen and oxygen atoms in total. The number of oxazole rings is 1. The number of anilines is 3. The van der Waals surface area contributed by atoms with Crippen molar-refractivity contribution in [3.8, 4) is 44.8 Å². The second kappa shape index (κ2) is 13.4. The fourth-order valence-electron chi connectivity index (χ4n) is 7.55. The van der Waals surface area contributed by atoms with Gasteiger partial charge in [0.1, 0.15) is 5.52 Å². The van der Waals surface area contributed by atoms with Crippen LogP contribution in [0.5, 0.6) is 0 Å². The molecule has 0 aliphatic carbocycles. The van der Waals surface area contributed by atoms with E-state index in [2.05, 4.69) is 175 Å². The average molecular weight is 691 g/mol. The Morgan fingerprint density at radius 3 is 1.57 bits per heavy atom. The highest BCUT2D eigenvalue weighted by Crippen LogP contribution is 2.39. The van der Waals surface area contributed by atoms with Crippen molar-refractivity contribution < 1.29 is 4.42 Å². The van der Waals surface area contributed by atoms with Crippen molar-refractivity contribution in [2.45, 2.75) is 0 Å². The van der Waals surface area contributed by atoms with Gasteiger partial charge in [0, 0.05) is 28.0 Å². The minimum absolute atomic E-state index is 0.635. The Hall–Kier alpha value is -7.23. The molecule has 0 saturated heterocycles. The van der Waals surface area contributed by atoms with Crippen molar-refractivity contribution in [2.75, 3.05) is 4.90 Å². The average Bonchev–Trinajstić information content (AvgIpc) is 3.70. The minimum atomic E-state index is 0.635. The molecule has 0 amide bonds. The Labute approximate surface area is 314 Å². The zero-order valence-electron chi connectivity index (χ0n) is 29.4. The van der Waals surface area contributed by atoms with Gasteiger partial charge in [-0.1, -0.05) is 146 Å². The zero-order chi connectivity index (χ0) is 35.8. The summed E-state index contributed by atoms with van der Waals surface area (Å²) < 4.78 is 6.23. The van der Waals surface area contributed by atoms with Gasteiger partial charge in [0.05, 0.1) is 0 Å². The van der Waals surface area contributed by atoms with Gasteiger partial charge in [0.2, 0.25) is 5.89 Å². The Kier molecular flexibility index (Phi) is 7.81. The number of rotatable bonds is 7. The van der Waals surface area contributed by atoms with Crippen LogP contribution < -0.4 is 4.90 Å². The van der Waals surface area contributed by atoms with Gasteiger partial charge >= 0.3 is 0 Å². The molecule has 0 bridgehead atoms. The van der Waals surface area contributed by atoms with Crippen LogP contribution in [0, 0.1) is 0 Å². The predicted molar refractivity (Wildman–Crippen MR) is 225 cm³/mol. The fraction of sp³-hybridized carbons (Fsp3) is 0. The minimum Gasteiger partial charge on any atom is -0.436 e. The second-order valence-electron chi connectivity index (χ2n) is 13.6. The molecule has 54 heavy (non-hydrogen) atoms. The molecule has 0 atom stereocenters. The molecule has 10 rings (SSSR count). The van der Waals surface area contributed by atoms with Crippen molar-refractivity contribution in [3.63, 3.8) is 0 Å². The molecule has 0 radical (unpaired) electrons. The number of benzene rings is 9. The lowest BCUT2D eigenvalue weighted by Crippen LogP contribution is -2.09. The van der Waals surface area contributed by atoms with Crippen molar-refractivity contribution in [3.05, 3.63) is 206 Å². The Bertz CT molecular complexity index is 2900. The van der Waals surface area contributed by atoms with Crippen LogP contribution in [-0.4, -0.2) is 4.98 Å². The first-order valence-corrected chi connectivity index (χ1v) is 18.3. The third-order valence-electron chi connectivity index (χ3n) is 10.3. The number of para-hydroxylation sites is 1. The largest absolute Gasteiger partial charge is 0.436 e. The smallest absolute Gasteiger partial charge is 0.227 e. The molecule has 0 N–H and O–H groups in total. The van der Waals surface area contributed by atoms with E-state index >= 15 is 0 Å². The predicted octanol–water partition coefficient (Wildman–Crippen LogP) is 14.3. The molecule has 9 aromatic carbocycles. The molecule has 3 heteroatoms. The van der Waals surface area contributed by atoms with E-state index in [0.717, 1.165) is 66.8 Å². The highest BCUT2D eigenvalue weighted by molar-refractivity contribution is 6.12. The SMILES string of the molecule is c1ccc(-c2nc3c(ccc4cccc(-c5ccc(-c6ccc(N(c7ccccc7)c7ccc(-c8ccc9ccccc9c8)cc7)cc6)cc5)c43)o2)cc1. The summed E-state index contributed by atoms with van der Waals surface area (Å²) in [4.78, 5) is 7.30. The Morgan fingerprint density at radius 1 is 0.352 bits per heavy atom. The number of hydrogen-bond donors (Lipinski definition) is 0. The van der Waals surface area contributed by atoms with Gasteiger partial charge in [0.15, 0.2) is 5.58 Å². The molecule has 1 heterocycles. The maximum atomic E-state index is 6.23. The summed E-state index contributed by atoms with van der Waals surface area (Å²) in [6.07, 6.45) is 0. The number of hydrogen-bond acceptors (Lipinski definition) is 3. The second-order valence-corrected chi connectivity index (χ2v) is 13.6. The lowest BCUT2D eigenvalue weighted by atomic mass is 9.95. The van der Waals surface area contributed by atoms with Gasteiger partial charge in [-0.25, -0.2) is 4.98 Å². The first-order chi connectivity index (χ1) is 26.7. The highest BCUT2D eigenvalue weighted by Gasteiger charge is 2.16. The standard InChI is InChI=1S/C51H34N2O/c1-3-11-41(12-4-1)51-52-50-48(54-51)33-28-40-14-9-17-47(49(40)50)39-21-18-36(19-22-39)37-24-29-45(30-25-37)53(44-15-5-2-6-16-44)46-31-26-38(27-32-46)43-23-20-35-10-7-8-13-42(35)34-43/h1-34H. The van der Waals surface area contributed by atoms with Gasteiger partial charge in [-0.2, -0.15) is 0 Å². The highest BCUT2D eigenvalue weighted by atomic mass is 16.3. The van der Waals surface area contributed by atoms with Crippen LogP contribution in [0.15, 0.2) is 211 Å². The molecule has 0 aliphatic rings. The van der Waals surface area contributed by atoms with E-state index in [0.29, 0.717) is 5.89 Å². The molecule has 0 spiro atoms. The maximum absolute atomic E-state index is 6.23. The maximum Gasteiger partial charge on any atom is 0.227 e. The third-order valence-corrected chi connectivity index (χ3v) is 10.3. The monoisotopic (exact) mass is 690 g/mol. The van der Waals surface area contributed by atoms with Crippen LogP contribution in [0.4, 0.5) is 17.1 Å². The van der Waals surface area contributed by atoms with E-state index in [1.807, 2.05) is 36.4 Å². The number of nitrogens with zero attached hydrogens (tertiary/aromatic N) is 2. The first-order valence-electron chi connectivity index (χ1n) is 18.3. The summed E-state index contributed by atoms with van der Waals surface area (Å²) in [5.74, 6) is 0.635. The fourth-order valence-corrected chi connectivity index (χ4v) is 7.55. The van der Waals surface area contributed by atoms with Crippen molar-refractivity contribution in [2.24, 2.45) is 0 Å². The van der Waals surface area contributed by atoms with Crippen LogP contribution in [0.25, 0.3) is 77.5 Å². The number of aromatic nitrogens is 1. The molecule has 1 aromatic heterocycles. The molecule has 0 fully saturated rings. The van der Waals surface area contributed by atoms with E-state index in [-0.39, 0.29) is 0 Å². The van der Waals surface area contributed by atoms with E-state index in [1.54, 1.807) is 0 Å². The van der Waals surface area contributed by atoms with Crippen LogP contribution in [0.2, 0.25) is 0 Å². The quantitative estimate of drug-likeness (QED) is 0.167. The van der Waals surface area contributed by atoms with E-state index in [9.17, 15) is 0 Å². The normalized spacial score (nSPS) is 11.3. The molecule has 0 unspecified atom stereocenters. The lowest BCUT2D eigenvalue weighted by molar-refractivity contribution is 0.620. The van der Waals surface area contributed by atoms with Gasteiger partial charge in [0.25, 0.3) is 0 Å². The molecular weight excluding hydrogens is 657 g/mol. The summed E-state index contributed by atoms with van der Waals surface area (Å²) in [5, 5.41) is 4.74. The van der Waals surface area contributed by atoms with E-state index < -0.39 is 0 Å². The summed E-state index contributed by atoms with van der Waals surface area (Å²) in [6, 6.07) is 73.0. The van der Waals surface area contributed by atoms with Crippen LogP contribution in [-0.2, 0) is 0 Å². The van der Waals surface area contributed by atoms with E-state index in [4.69, 9.17) is 9.40 Å². The van der Waals surface area contributed by atoms with Crippen molar-refractivity contribution >= 4 is 49.7 Å². The van der Waals surface area contributed by atoms with E-state index in [1.165, 1.54) is 21.9 Å². The molecule has 0 saturated carbocycles. The zero-order valence-corrected chi connectivity index (χ0v) is 29.4. The number of fused-ring (bicyclic) bond motifs is 4.